The van der Waals surface area contributed by atoms with Gasteiger partial charge in [-0.2, -0.15) is 5.26 Å². The van der Waals surface area contributed by atoms with Crippen LogP contribution in [0.1, 0.15) is 36.0 Å². The van der Waals surface area contributed by atoms with Crippen LogP contribution in [0.5, 0.6) is 0 Å². The van der Waals surface area contributed by atoms with E-state index in [9.17, 15) is 10.1 Å². The van der Waals surface area contributed by atoms with Crippen LogP contribution in [0.25, 0.3) is 6.08 Å². The van der Waals surface area contributed by atoms with Crippen molar-refractivity contribution in [2.75, 3.05) is 23.3 Å². The Bertz CT molecular complexity index is 865. The van der Waals surface area contributed by atoms with Crippen molar-refractivity contribution < 1.29 is 4.79 Å². The van der Waals surface area contributed by atoms with Gasteiger partial charge in [-0.3, -0.25) is 4.79 Å². The van der Waals surface area contributed by atoms with Gasteiger partial charge in [-0.25, -0.2) is 0 Å². The fraction of sp³-hybridized carbons (Fsp3) is 0.304. The number of nitriles is 1. The molecule has 138 valence electrons. The Kier molecular flexibility index (Phi) is 5.93. The third-order valence-corrected chi connectivity index (χ3v) is 5.01. The standard InChI is InChI=1S/C23H25N3O/c1-17-7-6-8-18(2)22(17)25-23(27)20(16-24)15-19-9-11-21(12-10-19)26-13-4-3-5-14-26/h6-12,15H,3-5,13-14H2,1-2H3,(H,25,27)/b20-15+. The maximum Gasteiger partial charge on any atom is 0.266 e. The Morgan fingerprint density at radius 3 is 2.26 bits per heavy atom. The van der Waals surface area contributed by atoms with Gasteiger partial charge in [-0.15, -0.1) is 0 Å². The minimum atomic E-state index is -0.380. The second-order valence-corrected chi connectivity index (χ2v) is 7.03. The van der Waals surface area contributed by atoms with Crippen LogP contribution in [0.2, 0.25) is 0 Å². The summed E-state index contributed by atoms with van der Waals surface area (Å²) in [7, 11) is 0. The number of nitrogens with zero attached hydrogens (tertiary/aromatic N) is 2. The van der Waals surface area contributed by atoms with E-state index >= 15 is 0 Å². The summed E-state index contributed by atoms with van der Waals surface area (Å²) in [6, 6.07) is 15.9. The topological polar surface area (TPSA) is 56.1 Å². The second-order valence-electron chi connectivity index (χ2n) is 7.03. The molecule has 1 fully saturated rings. The van der Waals surface area contributed by atoms with Crippen LogP contribution in [0.3, 0.4) is 0 Å². The third-order valence-electron chi connectivity index (χ3n) is 5.01. The maximum absolute atomic E-state index is 12.6. The number of hydrogen-bond acceptors (Lipinski definition) is 3. The van der Waals surface area contributed by atoms with Crippen molar-refractivity contribution in [1.82, 2.24) is 0 Å². The van der Waals surface area contributed by atoms with Crippen LogP contribution in [0.15, 0.2) is 48.0 Å². The van der Waals surface area contributed by atoms with Gasteiger partial charge in [0, 0.05) is 24.5 Å². The number of benzene rings is 2. The van der Waals surface area contributed by atoms with Gasteiger partial charge < -0.3 is 10.2 Å². The van der Waals surface area contributed by atoms with Crippen LogP contribution in [0.4, 0.5) is 11.4 Å². The molecular weight excluding hydrogens is 334 g/mol. The second kappa shape index (κ2) is 8.55. The molecule has 1 aliphatic heterocycles. The summed E-state index contributed by atoms with van der Waals surface area (Å²) in [4.78, 5) is 14.9. The fourth-order valence-electron chi connectivity index (χ4n) is 3.44. The monoisotopic (exact) mass is 359 g/mol. The molecule has 0 unspecified atom stereocenters. The first-order chi connectivity index (χ1) is 13.1. The van der Waals surface area contributed by atoms with Crippen LogP contribution in [-0.4, -0.2) is 19.0 Å². The number of aryl methyl sites for hydroxylation is 2. The zero-order chi connectivity index (χ0) is 19.2. The van der Waals surface area contributed by atoms with Gasteiger partial charge in [-0.05, 0) is 68.0 Å². The summed E-state index contributed by atoms with van der Waals surface area (Å²) >= 11 is 0. The smallest absolute Gasteiger partial charge is 0.266 e. The quantitative estimate of drug-likeness (QED) is 0.628. The van der Waals surface area contributed by atoms with Crippen LogP contribution >= 0.6 is 0 Å². The van der Waals surface area contributed by atoms with Crippen molar-refractivity contribution in [2.24, 2.45) is 0 Å². The largest absolute Gasteiger partial charge is 0.372 e. The molecular formula is C23H25N3O. The maximum atomic E-state index is 12.6. The van der Waals surface area contributed by atoms with Crippen LogP contribution in [-0.2, 0) is 4.79 Å². The summed E-state index contributed by atoms with van der Waals surface area (Å²) < 4.78 is 0. The summed E-state index contributed by atoms with van der Waals surface area (Å²) in [6.07, 6.45) is 5.42. The Balaban J connectivity index is 1.75. The SMILES string of the molecule is Cc1cccc(C)c1NC(=O)/C(C#N)=C/c1ccc(N2CCCCC2)cc1. The number of amides is 1. The first-order valence-electron chi connectivity index (χ1n) is 9.43. The minimum absolute atomic E-state index is 0.100. The number of para-hydroxylation sites is 1. The Morgan fingerprint density at radius 1 is 1.04 bits per heavy atom. The fourth-order valence-corrected chi connectivity index (χ4v) is 3.44. The molecule has 0 atom stereocenters. The lowest BCUT2D eigenvalue weighted by molar-refractivity contribution is -0.112. The highest BCUT2D eigenvalue weighted by Crippen LogP contribution is 2.22. The lowest BCUT2D eigenvalue weighted by atomic mass is 10.1. The van der Waals surface area contributed by atoms with E-state index in [4.69, 9.17) is 0 Å². The summed E-state index contributed by atoms with van der Waals surface area (Å²) in [5.41, 5.74) is 4.87. The van der Waals surface area contributed by atoms with Crippen LogP contribution in [0, 0.1) is 25.2 Å². The number of piperidine rings is 1. The lowest BCUT2D eigenvalue weighted by Gasteiger charge is -2.28. The molecule has 0 aromatic heterocycles. The third kappa shape index (κ3) is 4.57. The highest BCUT2D eigenvalue weighted by molar-refractivity contribution is 6.10. The van der Waals surface area contributed by atoms with E-state index in [-0.39, 0.29) is 11.5 Å². The summed E-state index contributed by atoms with van der Waals surface area (Å²) in [5.74, 6) is -0.380. The molecule has 1 N–H and O–H groups in total. The molecule has 0 radical (unpaired) electrons. The molecule has 1 saturated heterocycles. The molecule has 0 spiro atoms. The van der Waals surface area contributed by atoms with E-state index in [1.54, 1.807) is 6.08 Å². The van der Waals surface area contributed by atoms with Crippen molar-refractivity contribution in [1.29, 1.82) is 5.26 Å². The molecule has 2 aromatic carbocycles. The van der Waals surface area contributed by atoms with E-state index in [1.165, 1.54) is 24.9 Å². The van der Waals surface area contributed by atoms with Crippen molar-refractivity contribution in [3.8, 4) is 6.07 Å². The highest BCUT2D eigenvalue weighted by atomic mass is 16.1. The number of anilines is 2. The molecule has 0 aliphatic carbocycles. The molecule has 27 heavy (non-hydrogen) atoms. The average Bonchev–Trinajstić information content (AvgIpc) is 2.70. The van der Waals surface area contributed by atoms with E-state index in [2.05, 4.69) is 22.3 Å². The predicted molar refractivity (Wildman–Crippen MR) is 111 cm³/mol. The first-order valence-corrected chi connectivity index (χ1v) is 9.43. The Labute approximate surface area is 161 Å². The van der Waals surface area contributed by atoms with Gasteiger partial charge in [0.2, 0.25) is 0 Å². The molecule has 0 saturated carbocycles. The number of carbonyl (C=O) groups is 1. The van der Waals surface area contributed by atoms with Gasteiger partial charge in [0.25, 0.3) is 5.91 Å². The highest BCUT2D eigenvalue weighted by Gasteiger charge is 2.13. The normalized spacial score (nSPS) is 14.6. The molecule has 1 heterocycles. The average molecular weight is 359 g/mol. The summed E-state index contributed by atoms with van der Waals surface area (Å²) in [5, 5.41) is 12.3. The molecule has 1 aliphatic rings. The van der Waals surface area contributed by atoms with Gasteiger partial charge in [-0.1, -0.05) is 30.3 Å². The van der Waals surface area contributed by atoms with Gasteiger partial charge in [0.15, 0.2) is 0 Å². The van der Waals surface area contributed by atoms with E-state index < -0.39 is 0 Å². The van der Waals surface area contributed by atoms with Crippen molar-refractivity contribution in [3.05, 3.63) is 64.7 Å². The molecule has 3 rings (SSSR count). The van der Waals surface area contributed by atoms with E-state index in [1.807, 2.05) is 50.2 Å². The van der Waals surface area contributed by atoms with E-state index in [0.717, 1.165) is 35.5 Å². The van der Waals surface area contributed by atoms with Crippen LogP contribution < -0.4 is 10.2 Å². The van der Waals surface area contributed by atoms with Crippen molar-refractivity contribution in [2.45, 2.75) is 33.1 Å². The predicted octanol–water partition coefficient (Wildman–Crippen LogP) is 4.84. The number of rotatable bonds is 4. The lowest BCUT2D eigenvalue weighted by Crippen LogP contribution is -2.29. The number of nitrogens with one attached hydrogen (secondary N) is 1. The Morgan fingerprint density at radius 2 is 1.67 bits per heavy atom. The molecule has 1 amide bonds. The number of hydrogen-bond donors (Lipinski definition) is 1. The van der Waals surface area contributed by atoms with Gasteiger partial charge in [0.05, 0.1) is 0 Å². The minimum Gasteiger partial charge on any atom is -0.372 e. The van der Waals surface area contributed by atoms with Gasteiger partial charge >= 0.3 is 0 Å². The zero-order valence-corrected chi connectivity index (χ0v) is 16.0. The summed E-state index contributed by atoms with van der Waals surface area (Å²) in [6.45, 7) is 6.07. The Hall–Kier alpha value is -3.06. The molecule has 0 bridgehead atoms. The van der Waals surface area contributed by atoms with Crippen molar-refractivity contribution in [3.63, 3.8) is 0 Å². The molecule has 2 aromatic rings. The zero-order valence-electron chi connectivity index (χ0n) is 16.0. The first kappa shape index (κ1) is 18.7. The van der Waals surface area contributed by atoms with E-state index in [0.29, 0.717) is 0 Å². The van der Waals surface area contributed by atoms with Crippen molar-refractivity contribution >= 4 is 23.4 Å². The number of carbonyl (C=O) groups excluding carboxylic acids is 1. The molecule has 4 nitrogen and oxygen atoms in total. The van der Waals surface area contributed by atoms with Gasteiger partial charge in [0.1, 0.15) is 11.6 Å². The molecule has 4 heteroatoms.